The molecule has 32 heavy (non-hydrogen) atoms. The fraction of sp³-hybridized carbons (Fsp3) is 0.0370. The molecule has 0 spiro atoms. The number of fused-ring (bicyclic) bond motifs is 1. The zero-order valence-corrected chi connectivity index (χ0v) is 17.4. The van der Waals surface area contributed by atoms with Gasteiger partial charge >= 0.3 is 5.97 Å². The van der Waals surface area contributed by atoms with Crippen LogP contribution in [0.5, 0.6) is 11.8 Å². The quantitative estimate of drug-likeness (QED) is 0.332. The van der Waals surface area contributed by atoms with Crippen LogP contribution in [0.25, 0.3) is 33.3 Å². The lowest BCUT2D eigenvalue weighted by atomic mass is 10.0. The van der Waals surface area contributed by atoms with Gasteiger partial charge in [-0.3, -0.25) is 0 Å². The first-order valence-electron chi connectivity index (χ1n) is 10.2. The maximum absolute atomic E-state index is 11.4. The number of aromatic nitrogens is 2. The molecule has 0 saturated carbocycles. The Labute approximate surface area is 185 Å². The second-order valence-electron chi connectivity index (χ2n) is 7.60. The summed E-state index contributed by atoms with van der Waals surface area (Å²) < 4.78 is 5.79. The van der Waals surface area contributed by atoms with Crippen molar-refractivity contribution in [1.29, 1.82) is 0 Å². The van der Waals surface area contributed by atoms with E-state index in [9.17, 15) is 9.90 Å². The number of carbonyl (C=O) groups is 1. The maximum Gasteiger partial charge on any atom is 0.336 e. The van der Waals surface area contributed by atoms with Crippen molar-refractivity contribution in [1.82, 2.24) is 9.97 Å². The summed E-state index contributed by atoms with van der Waals surface area (Å²) >= 11 is 0. The molecular weight excluding hydrogens is 400 g/mol. The Morgan fingerprint density at radius 2 is 1.47 bits per heavy atom. The molecule has 0 fully saturated rings. The number of imidazole rings is 1. The van der Waals surface area contributed by atoms with Crippen LogP contribution in [0.1, 0.15) is 15.9 Å². The van der Waals surface area contributed by atoms with Crippen molar-refractivity contribution in [3.63, 3.8) is 0 Å². The standard InChI is InChI=1S/C27H20N2O3/c1-17-7-13-22(16-23(17)26(30)31)32-27-28-24-14-12-21(15-25(24)29-27)20-10-8-19(9-11-20)18-5-3-2-4-6-18/h2-16H,1H3,(H,28,29)(H,30,31). The summed E-state index contributed by atoms with van der Waals surface area (Å²) in [5, 5.41) is 9.31. The molecule has 156 valence electrons. The lowest BCUT2D eigenvalue weighted by Crippen LogP contribution is -2.00. The summed E-state index contributed by atoms with van der Waals surface area (Å²) in [6.45, 7) is 1.75. The summed E-state index contributed by atoms with van der Waals surface area (Å²) in [6.07, 6.45) is 0. The molecule has 1 aromatic heterocycles. The van der Waals surface area contributed by atoms with E-state index in [-0.39, 0.29) is 5.56 Å². The highest BCUT2D eigenvalue weighted by Gasteiger charge is 2.11. The normalized spacial score (nSPS) is 10.9. The second-order valence-corrected chi connectivity index (χ2v) is 7.60. The van der Waals surface area contributed by atoms with Gasteiger partial charge in [0.05, 0.1) is 16.6 Å². The van der Waals surface area contributed by atoms with Gasteiger partial charge in [-0.1, -0.05) is 66.7 Å². The van der Waals surface area contributed by atoms with Crippen molar-refractivity contribution in [3.05, 3.63) is 102 Å². The molecule has 4 aromatic carbocycles. The molecular formula is C27H20N2O3. The van der Waals surface area contributed by atoms with Gasteiger partial charge in [0.25, 0.3) is 6.01 Å². The number of H-pyrrole nitrogens is 1. The topological polar surface area (TPSA) is 75.2 Å². The lowest BCUT2D eigenvalue weighted by molar-refractivity contribution is 0.0695. The Bertz CT molecular complexity index is 1420. The summed E-state index contributed by atoms with van der Waals surface area (Å²) in [4.78, 5) is 19.0. The van der Waals surface area contributed by atoms with Crippen LogP contribution in [0.4, 0.5) is 0 Å². The monoisotopic (exact) mass is 420 g/mol. The Morgan fingerprint density at radius 3 is 2.19 bits per heavy atom. The van der Waals surface area contributed by atoms with Crippen molar-refractivity contribution in [2.45, 2.75) is 6.92 Å². The van der Waals surface area contributed by atoms with Crippen LogP contribution in [0, 0.1) is 6.92 Å². The number of nitrogens with zero attached hydrogens (tertiary/aromatic N) is 1. The third kappa shape index (κ3) is 3.84. The third-order valence-electron chi connectivity index (χ3n) is 5.44. The van der Waals surface area contributed by atoms with E-state index in [1.165, 1.54) is 17.2 Å². The van der Waals surface area contributed by atoms with Gasteiger partial charge in [0, 0.05) is 0 Å². The second kappa shape index (κ2) is 8.04. The maximum atomic E-state index is 11.4. The van der Waals surface area contributed by atoms with Crippen LogP contribution in [-0.4, -0.2) is 21.0 Å². The molecule has 0 aliphatic carbocycles. The summed E-state index contributed by atoms with van der Waals surface area (Å²) in [5.41, 5.74) is 7.01. The van der Waals surface area contributed by atoms with Crippen molar-refractivity contribution in [2.24, 2.45) is 0 Å². The number of hydrogen-bond donors (Lipinski definition) is 2. The van der Waals surface area contributed by atoms with Gasteiger partial charge in [0.2, 0.25) is 0 Å². The van der Waals surface area contributed by atoms with Gasteiger partial charge in [-0.05, 0) is 59.0 Å². The number of carboxylic acid groups (broad SMARTS) is 1. The molecule has 5 nitrogen and oxygen atoms in total. The van der Waals surface area contributed by atoms with E-state index < -0.39 is 5.97 Å². The van der Waals surface area contributed by atoms with E-state index >= 15 is 0 Å². The smallest absolute Gasteiger partial charge is 0.336 e. The number of rotatable bonds is 5. The molecule has 0 unspecified atom stereocenters. The largest absolute Gasteiger partial charge is 0.478 e. The molecule has 1 heterocycles. The number of aryl methyl sites for hydroxylation is 1. The van der Waals surface area contributed by atoms with E-state index in [2.05, 4.69) is 46.4 Å². The Morgan fingerprint density at radius 1 is 0.812 bits per heavy atom. The summed E-state index contributed by atoms with van der Waals surface area (Å²) in [6, 6.07) is 30.0. The number of nitrogens with one attached hydrogen (secondary N) is 1. The van der Waals surface area contributed by atoms with Crippen LogP contribution in [0.3, 0.4) is 0 Å². The summed E-state index contributed by atoms with van der Waals surface area (Å²) in [7, 11) is 0. The number of aromatic amines is 1. The molecule has 0 bridgehead atoms. The SMILES string of the molecule is Cc1ccc(Oc2nc3cc(-c4ccc(-c5ccccc5)cc4)ccc3[nH]2)cc1C(=O)O. The van der Waals surface area contributed by atoms with Crippen LogP contribution >= 0.6 is 0 Å². The van der Waals surface area contributed by atoms with Gasteiger partial charge in [0.15, 0.2) is 0 Å². The first-order valence-corrected chi connectivity index (χ1v) is 10.2. The number of aromatic carboxylic acids is 1. The minimum absolute atomic E-state index is 0.208. The van der Waals surface area contributed by atoms with Crippen molar-refractivity contribution < 1.29 is 14.6 Å². The van der Waals surface area contributed by atoms with Gasteiger partial charge in [-0.25, -0.2) is 4.79 Å². The van der Waals surface area contributed by atoms with Gasteiger partial charge < -0.3 is 14.8 Å². The summed E-state index contributed by atoms with van der Waals surface area (Å²) in [5.74, 6) is -0.565. The molecule has 0 aliphatic rings. The highest BCUT2D eigenvalue weighted by atomic mass is 16.5. The first-order chi connectivity index (χ1) is 15.6. The van der Waals surface area contributed by atoms with E-state index in [4.69, 9.17) is 4.74 Å². The van der Waals surface area contributed by atoms with Crippen LogP contribution in [0.2, 0.25) is 0 Å². The van der Waals surface area contributed by atoms with E-state index in [0.717, 1.165) is 22.2 Å². The predicted molar refractivity (Wildman–Crippen MR) is 125 cm³/mol. The van der Waals surface area contributed by atoms with Crippen molar-refractivity contribution in [3.8, 4) is 34.0 Å². The number of benzene rings is 4. The van der Waals surface area contributed by atoms with Gasteiger partial charge in [0.1, 0.15) is 5.75 Å². The average Bonchev–Trinajstić information content (AvgIpc) is 3.22. The zero-order chi connectivity index (χ0) is 22.1. The van der Waals surface area contributed by atoms with Crippen LogP contribution in [-0.2, 0) is 0 Å². The van der Waals surface area contributed by atoms with Crippen molar-refractivity contribution in [2.75, 3.05) is 0 Å². The Balaban J connectivity index is 1.41. The van der Waals surface area contributed by atoms with E-state index in [1.807, 2.05) is 36.4 Å². The average molecular weight is 420 g/mol. The fourth-order valence-electron chi connectivity index (χ4n) is 3.70. The molecule has 5 heteroatoms. The number of ether oxygens (including phenoxy) is 1. The van der Waals surface area contributed by atoms with Gasteiger partial charge in [-0.15, -0.1) is 0 Å². The molecule has 0 atom stereocenters. The van der Waals surface area contributed by atoms with E-state index in [0.29, 0.717) is 17.3 Å². The van der Waals surface area contributed by atoms with Gasteiger partial charge in [-0.2, -0.15) is 4.98 Å². The highest BCUT2D eigenvalue weighted by molar-refractivity contribution is 5.90. The fourth-order valence-corrected chi connectivity index (χ4v) is 3.70. The number of carboxylic acids is 1. The number of hydrogen-bond acceptors (Lipinski definition) is 3. The first kappa shape index (κ1) is 19.6. The molecule has 0 aliphatic heterocycles. The predicted octanol–water partition coefficient (Wildman–Crippen LogP) is 6.70. The minimum Gasteiger partial charge on any atom is -0.478 e. The Hall–Kier alpha value is -4.38. The molecule has 5 aromatic rings. The molecule has 5 rings (SSSR count). The van der Waals surface area contributed by atoms with Crippen LogP contribution in [0.15, 0.2) is 91.0 Å². The molecule has 0 saturated heterocycles. The van der Waals surface area contributed by atoms with Crippen molar-refractivity contribution >= 4 is 17.0 Å². The highest BCUT2D eigenvalue weighted by Crippen LogP contribution is 2.29. The molecule has 2 N–H and O–H groups in total. The zero-order valence-electron chi connectivity index (χ0n) is 17.4. The minimum atomic E-state index is -0.986. The third-order valence-corrected chi connectivity index (χ3v) is 5.44. The van der Waals surface area contributed by atoms with E-state index in [1.54, 1.807) is 19.1 Å². The Kier molecular flexibility index (Phi) is 4.92. The molecule has 0 radical (unpaired) electrons. The molecule has 0 amide bonds. The van der Waals surface area contributed by atoms with Crippen LogP contribution < -0.4 is 4.74 Å². The lowest BCUT2D eigenvalue weighted by Gasteiger charge is -2.05.